The standard InChI is InChI=1S/C13H19NO3/c1-4-17-13(15)12(14-2)11-8-6-5-7-10(11)9-16-3/h5-8,12,14H,4,9H2,1-3H3. The second kappa shape index (κ2) is 7.04. The lowest BCUT2D eigenvalue weighted by molar-refractivity contribution is -0.145. The first kappa shape index (κ1) is 13.7. The molecule has 0 saturated heterocycles. The Bertz CT molecular complexity index is 365. The summed E-state index contributed by atoms with van der Waals surface area (Å²) in [5.74, 6) is -0.265. The van der Waals surface area contributed by atoms with E-state index in [9.17, 15) is 4.79 Å². The van der Waals surface area contributed by atoms with Crippen LogP contribution in [-0.2, 0) is 20.9 Å². The average Bonchev–Trinajstić information content (AvgIpc) is 2.33. The molecule has 0 spiro atoms. The maximum atomic E-state index is 11.8. The highest BCUT2D eigenvalue weighted by molar-refractivity contribution is 5.78. The number of methoxy groups -OCH3 is 1. The molecule has 0 radical (unpaired) electrons. The monoisotopic (exact) mass is 237 g/mol. The van der Waals surface area contributed by atoms with Gasteiger partial charge in [-0.15, -0.1) is 0 Å². The molecule has 0 aliphatic heterocycles. The number of nitrogens with one attached hydrogen (secondary N) is 1. The summed E-state index contributed by atoms with van der Waals surface area (Å²) in [7, 11) is 3.38. The van der Waals surface area contributed by atoms with Gasteiger partial charge in [0.2, 0.25) is 0 Å². The summed E-state index contributed by atoms with van der Waals surface area (Å²) in [5.41, 5.74) is 1.89. The molecule has 0 aliphatic carbocycles. The molecular formula is C13H19NO3. The van der Waals surface area contributed by atoms with E-state index >= 15 is 0 Å². The summed E-state index contributed by atoms with van der Waals surface area (Å²) >= 11 is 0. The Balaban J connectivity index is 2.98. The van der Waals surface area contributed by atoms with Gasteiger partial charge in [-0.1, -0.05) is 24.3 Å². The zero-order valence-corrected chi connectivity index (χ0v) is 10.5. The van der Waals surface area contributed by atoms with E-state index in [-0.39, 0.29) is 5.97 Å². The van der Waals surface area contributed by atoms with Crippen molar-refractivity contribution in [3.05, 3.63) is 35.4 Å². The lowest BCUT2D eigenvalue weighted by Crippen LogP contribution is -2.28. The van der Waals surface area contributed by atoms with Crippen LogP contribution in [0.1, 0.15) is 24.1 Å². The molecule has 0 amide bonds. The fourth-order valence-corrected chi connectivity index (χ4v) is 1.73. The van der Waals surface area contributed by atoms with E-state index in [0.29, 0.717) is 13.2 Å². The summed E-state index contributed by atoms with van der Waals surface area (Å²) in [6.07, 6.45) is 0. The van der Waals surface area contributed by atoms with Crippen LogP contribution in [0.15, 0.2) is 24.3 Å². The van der Waals surface area contributed by atoms with E-state index in [1.165, 1.54) is 0 Å². The molecule has 0 saturated carbocycles. The van der Waals surface area contributed by atoms with Gasteiger partial charge in [0.25, 0.3) is 0 Å². The van der Waals surface area contributed by atoms with E-state index in [1.54, 1.807) is 21.1 Å². The molecule has 1 N–H and O–H groups in total. The van der Waals surface area contributed by atoms with Crippen molar-refractivity contribution in [1.29, 1.82) is 0 Å². The highest BCUT2D eigenvalue weighted by atomic mass is 16.5. The minimum absolute atomic E-state index is 0.265. The van der Waals surface area contributed by atoms with Crippen LogP contribution in [0, 0.1) is 0 Å². The molecule has 1 atom stereocenters. The predicted octanol–water partition coefficient (Wildman–Crippen LogP) is 1.66. The van der Waals surface area contributed by atoms with E-state index < -0.39 is 6.04 Å². The van der Waals surface area contributed by atoms with Gasteiger partial charge in [0.15, 0.2) is 0 Å². The second-order valence-electron chi connectivity index (χ2n) is 3.61. The second-order valence-corrected chi connectivity index (χ2v) is 3.61. The normalized spacial score (nSPS) is 12.2. The number of esters is 1. The first-order chi connectivity index (χ1) is 8.24. The van der Waals surface area contributed by atoms with Gasteiger partial charge in [0, 0.05) is 7.11 Å². The quantitative estimate of drug-likeness (QED) is 0.764. The Morgan fingerprint density at radius 3 is 2.71 bits per heavy atom. The van der Waals surface area contributed by atoms with Crippen molar-refractivity contribution in [1.82, 2.24) is 5.32 Å². The van der Waals surface area contributed by atoms with Crippen molar-refractivity contribution in [2.75, 3.05) is 20.8 Å². The third-order valence-electron chi connectivity index (χ3n) is 2.48. The Kier molecular flexibility index (Phi) is 5.66. The molecule has 1 aromatic rings. The zero-order chi connectivity index (χ0) is 12.7. The van der Waals surface area contributed by atoms with E-state index in [1.807, 2.05) is 24.3 Å². The van der Waals surface area contributed by atoms with Crippen LogP contribution in [0.2, 0.25) is 0 Å². The smallest absolute Gasteiger partial charge is 0.327 e. The van der Waals surface area contributed by atoms with Gasteiger partial charge in [-0.05, 0) is 25.1 Å². The maximum absolute atomic E-state index is 11.8. The van der Waals surface area contributed by atoms with Crippen molar-refractivity contribution in [3.63, 3.8) is 0 Å². The number of hydrogen-bond donors (Lipinski definition) is 1. The van der Waals surface area contributed by atoms with Crippen molar-refractivity contribution in [3.8, 4) is 0 Å². The molecule has 1 aromatic carbocycles. The summed E-state index contributed by atoms with van der Waals surface area (Å²) in [4.78, 5) is 11.8. The first-order valence-electron chi connectivity index (χ1n) is 5.65. The molecule has 0 heterocycles. The maximum Gasteiger partial charge on any atom is 0.327 e. The number of likely N-dealkylation sites (N-methyl/N-ethyl adjacent to an activating group) is 1. The molecule has 0 aliphatic rings. The number of ether oxygens (including phenoxy) is 2. The highest BCUT2D eigenvalue weighted by Gasteiger charge is 2.22. The third-order valence-corrected chi connectivity index (χ3v) is 2.48. The molecule has 4 heteroatoms. The van der Waals surface area contributed by atoms with Crippen LogP contribution >= 0.6 is 0 Å². The first-order valence-corrected chi connectivity index (χ1v) is 5.65. The Labute approximate surface area is 102 Å². The summed E-state index contributed by atoms with van der Waals surface area (Å²) in [5, 5.41) is 2.97. The summed E-state index contributed by atoms with van der Waals surface area (Å²) < 4.78 is 10.2. The Morgan fingerprint density at radius 1 is 1.41 bits per heavy atom. The number of rotatable bonds is 6. The van der Waals surface area contributed by atoms with Crippen LogP contribution < -0.4 is 5.32 Å². The van der Waals surface area contributed by atoms with Gasteiger partial charge in [-0.2, -0.15) is 0 Å². The number of hydrogen-bond acceptors (Lipinski definition) is 4. The molecule has 17 heavy (non-hydrogen) atoms. The lowest BCUT2D eigenvalue weighted by atomic mass is 10.0. The molecule has 1 rings (SSSR count). The molecular weight excluding hydrogens is 218 g/mol. The van der Waals surface area contributed by atoms with E-state index in [0.717, 1.165) is 11.1 Å². The molecule has 0 fully saturated rings. The van der Waals surface area contributed by atoms with E-state index in [4.69, 9.17) is 9.47 Å². The lowest BCUT2D eigenvalue weighted by Gasteiger charge is -2.18. The van der Waals surface area contributed by atoms with Crippen LogP contribution in [0.5, 0.6) is 0 Å². The molecule has 94 valence electrons. The fraction of sp³-hybridized carbons (Fsp3) is 0.462. The van der Waals surface area contributed by atoms with E-state index in [2.05, 4.69) is 5.32 Å². The van der Waals surface area contributed by atoms with Gasteiger partial charge >= 0.3 is 5.97 Å². The minimum Gasteiger partial charge on any atom is -0.465 e. The topological polar surface area (TPSA) is 47.6 Å². The van der Waals surface area contributed by atoms with Gasteiger partial charge in [-0.3, -0.25) is 0 Å². The predicted molar refractivity (Wildman–Crippen MR) is 65.6 cm³/mol. The Morgan fingerprint density at radius 2 is 2.12 bits per heavy atom. The van der Waals surface area contributed by atoms with Crippen LogP contribution in [-0.4, -0.2) is 26.7 Å². The molecule has 4 nitrogen and oxygen atoms in total. The number of benzene rings is 1. The zero-order valence-electron chi connectivity index (χ0n) is 10.5. The SMILES string of the molecule is CCOC(=O)C(NC)c1ccccc1COC. The third kappa shape index (κ3) is 3.54. The van der Waals surface area contributed by atoms with Crippen molar-refractivity contribution < 1.29 is 14.3 Å². The van der Waals surface area contributed by atoms with Crippen LogP contribution in [0.25, 0.3) is 0 Å². The Hall–Kier alpha value is -1.39. The van der Waals surface area contributed by atoms with Crippen molar-refractivity contribution in [2.45, 2.75) is 19.6 Å². The van der Waals surface area contributed by atoms with Gasteiger partial charge < -0.3 is 14.8 Å². The number of carbonyl (C=O) groups is 1. The number of carbonyl (C=O) groups excluding carboxylic acids is 1. The summed E-state index contributed by atoms with van der Waals surface area (Å²) in [6, 6.07) is 7.24. The fourth-order valence-electron chi connectivity index (χ4n) is 1.73. The minimum atomic E-state index is -0.443. The molecule has 0 bridgehead atoms. The van der Waals surface area contributed by atoms with Crippen LogP contribution in [0.4, 0.5) is 0 Å². The van der Waals surface area contributed by atoms with Crippen LogP contribution in [0.3, 0.4) is 0 Å². The van der Waals surface area contributed by atoms with Crippen molar-refractivity contribution >= 4 is 5.97 Å². The van der Waals surface area contributed by atoms with Gasteiger partial charge in [0.1, 0.15) is 6.04 Å². The largest absolute Gasteiger partial charge is 0.465 e. The molecule has 0 aromatic heterocycles. The van der Waals surface area contributed by atoms with Crippen molar-refractivity contribution in [2.24, 2.45) is 0 Å². The average molecular weight is 237 g/mol. The molecule has 1 unspecified atom stereocenters. The van der Waals surface area contributed by atoms with Gasteiger partial charge in [-0.25, -0.2) is 4.79 Å². The highest BCUT2D eigenvalue weighted by Crippen LogP contribution is 2.19. The summed E-state index contributed by atoms with van der Waals surface area (Å²) in [6.45, 7) is 2.66. The van der Waals surface area contributed by atoms with Gasteiger partial charge in [0.05, 0.1) is 13.2 Å².